The molecule has 15 heavy (non-hydrogen) atoms. The van der Waals surface area contributed by atoms with E-state index in [-0.39, 0.29) is 0 Å². The molecular weight excluding hydrogens is 252 g/mol. The first-order chi connectivity index (χ1) is 7.33. The Morgan fingerprint density at radius 3 is 2.73 bits per heavy atom. The molecule has 0 atom stereocenters. The molecule has 0 spiro atoms. The van der Waals surface area contributed by atoms with Crippen LogP contribution in [0.3, 0.4) is 0 Å². The fourth-order valence-electron chi connectivity index (χ4n) is 1.23. The van der Waals surface area contributed by atoms with Gasteiger partial charge < -0.3 is 4.74 Å². The van der Waals surface area contributed by atoms with E-state index in [4.69, 9.17) is 4.74 Å². The summed E-state index contributed by atoms with van der Waals surface area (Å²) in [6.45, 7) is 3.64. The fourth-order valence-corrected chi connectivity index (χ4v) is 1.78. The SMILES string of the molecule is C/C(=C\CBr)CCOCc1ccccc1. The second kappa shape index (κ2) is 7.66. The summed E-state index contributed by atoms with van der Waals surface area (Å²) in [7, 11) is 0. The summed E-state index contributed by atoms with van der Waals surface area (Å²) >= 11 is 3.38. The number of allylic oxidation sites excluding steroid dienone is 1. The van der Waals surface area contributed by atoms with Gasteiger partial charge in [-0.25, -0.2) is 0 Å². The molecule has 0 saturated carbocycles. The third-order valence-electron chi connectivity index (χ3n) is 2.18. The highest BCUT2D eigenvalue weighted by Crippen LogP contribution is 2.04. The molecule has 0 aromatic heterocycles. The summed E-state index contributed by atoms with van der Waals surface area (Å²) in [5, 5.41) is 0.928. The van der Waals surface area contributed by atoms with Gasteiger partial charge in [0.05, 0.1) is 13.2 Å². The Morgan fingerprint density at radius 2 is 2.07 bits per heavy atom. The molecule has 0 unspecified atom stereocenters. The molecule has 0 N–H and O–H groups in total. The Labute approximate surface area is 100 Å². The molecule has 0 aliphatic rings. The van der Waals surface area contributed by atoms with E-state index >= 15 is 0 Å². The zero-order valence-corrected chi connectivity index (χ0v) is 10.7. The van der Waals surface area contributed by atoms with Crippen molar-refractivity contribution in [2.45, 2.75) is 20.0 Å². The molecule has 0 radical (unpaired) electrons. The lowest BCUT2D eigenvalue weighted by Gasteiger charge is -2.04. The van der Waals surface area contributed by atoms with E-state index in [0.29, 0.717) is 6.61 Å². The van der Waals surface area contributed by atoms with Crippen molar-refractivity contribution in [3.05, 3.63) is 47.5 Å². The molecule has 0 saturated heterocycles. The number of rotatable bonds is 6. The summed E-state index contributed by atoms with van der Waals surface area (Å²) in [6.07, 6.45) is 3.18. The first-order valence-electron chi connectivity index (χ1n) is 5.16. The van der Waals surface area contributed by atoms with Crippen LogP contribution < -0.4 is 0 Å². The number of hydrogen-bond donors (Lipinski definition) is 0. The summed E-state index contributed by atoms with van der Waals surface area (Å²) in [5.74, 6) is 0. The molecule has 0 bridgehead atoms. The van der Waals surface area contributed by atoms with Crippen molar-refractivity contribution in [3.63, 3.8) is 0 Å². The lowest BCUT2D eigenvalue weighted by atomic mass is 10.2. The molecule has 0 heterocycles. The molecular formula is C13H17BrO. The number of ether oxygens (including phenoxy) is 1. The van der Waals surface area contributed by atoms with Gasteiger partial charge in [0, 0.05) is 5.33 Å². The van der Waals surface area contributed by atoms with Crippen molar-refractivity contribution in [1.82, 2.24) is 0 Å². The first-order valence-corrected chi connectivity index (χ1v) is 6.28. The van der Waals surface area contributed by atoms with E-state index in [1.165, 1.54) is 11.1 Å². The van der Waals surface area contributed by atoms with Gasteiger partial charge in [-0.05, 0) is 18.9 Å². The first kappa shape index (κ1) is 12.5. The minimum absolute atomic E-state index is 0.711. The predicted octanol–water partition coefficient (Wildman–Crippen LogP) is 3.93. The Balaban J connectivity index is 2.15. The highest BCUT2D eigenvalue weighted by Gasteiger charge is 1.93. The average molecular weight is 269 g/mol. The Hall–Kier alpha value is -0.600. The zero-order valence-electron chi connectivity index (χ0n) is 9.08. The van der Waals surface area contributed by atoms with Crippen LogP contribution in [0.1, 0.15) is 18.9 Å². The summed E-state index contributed by atoms with van der Waals surface area (Å²) in [4.78, 5) is 0. The maximum atomic E-state index is 5.58. The molecule has 0 fully saturated rings. The Morgan fingerprint density at radius 1 is 1.33 bits per heavy atom. The average Bonchev–Trinajstić information content (AvgIpc) is 2.26. The summed E-state index contributed by atoms with van der Waals surface area (Å²) in [5.41, 5.74) is 2.61. The highest BCUT2D eigenvalue weighted by atomic mass is 79.9. The van der Waals surface area contributed by atoms with Crippen molar-refractivity contribution in [1.29, 1.82) is 0 Å². The van der Waals surface area contributed by atoms with Crippen molar-refractivity contribution in [2.24, 2.45) is 0 Å². The maximum absolute atomic E-state index is 5.58. The number of halogens is 1. The molecule has 82 valence electrons. The van der Waals surface area contributed by atoms with Gasteiger partial charge in [-0.3, -0.25) is 0 Å². The number of alkyl halides is 1. The van der Waals surface area contributed by atoms with Gasteiger partial charge in [-0.2, -0.15) is 0 Å². The third kappa shape index (κ3) is 5.75. The standard InChI is InChI=1S/C13H17BrO/c1-12(7-9-14)8-10-15-11-13-5-3-2-4-6-13/h2-7H,8-11H2,1H3/b12-7+. The van der Waals surface area contributed by atoms with Gasteiger partial charge in [0.1, 0.15) is 0 Å². The monoisotopic (exact) mass is 268 g/mol. The smallest absolute Gasteiger partial charge is 0.0717 e. The molecule has 1 aromatic carbocycles. The van der Waals surface area contributed by atoms with E-state index < -0.39 is 0 Å². The predicted molar refractivity (Wildman–Crippen MR) is 68.3 cm³/mol. The molecule has 2 heteroatoms. The second-order valence-corrected chi connectivity index (χ2v) is 4.14. The Kier molecular flexibility index (Phi) is 6.37. The van der Waals surface area contributed by atoms with Gasteiger partial charge in [-0.15, -0.1) is 0 Å². The van der Waals surface area contributed by atoms with Crippen LogP contribution in [-0.2, 0) is 11.3 Å². The van der Waals surface area contributed by atoms with Crippen molar-refractivity contribution in [2.75, 3.05) is 11.9 Å². The summed E-state index contributed by atoms with van der Waals surface area (Å²) in [6, 6.07) is 10.3. The topological polar surface area (TPSA) is 9.23 Å². The van der Waals surface area contributed by atoms with Crippen molar-refractivity contribution in [3.8, 4) is 0 Å². The van der Waals surface area contributed by atoms with Crippen LogP contribution in [-0.4, -0.2) is 11.9 Å². The molecule has 1 nitrogen and oxygen atoms in total. The summed E-state index contributed by atoms with van der Waals surface area (Å²) < 4.78 is 5.58. The van der Waals surface area contributed by atoms with Gasteiger partial charge in [0.2, 0.25) is 0 Å². The number of hydrogen-bond acceptors (Lipinski definition) is 1. The van der Waals surface area contributed by atoms with E-state index in [1.807, 2.05) is 18.2 Å². The van der Waals surface area contributed by atoms with Crippen LogP contribution in [0.25, 0.3) is 0 Å². The van der Waals surface area contributed by atoms with Gasteiger partial charge in [0.15, 0.2) is 0 Å². The van der Waals surface area contributed by atoms with E-state index in [0.717, 1.165) is 18.4 Å². The molecule has 0 aliphatic heterocycles. The van der Waals surface area contributed by atoms with Crippen LogP contribution in [0.2, 0.25) is 0 Å². The van der Waals surface area contributed by atoms with Crippen LogP contribution >= 0.6 is 15.9 Å². The van der Waals surface area contributed by atoms with Crippen LogP contribution in [0.15, 0.2) is 42.0 Å². The van der Waals surface area contributed by atoms with E-state index in [2.05, 4.69) is 41.1 Å². The van der Waals surface area contributed by atoms with Crippen LogP contribution in [0, 0.1) is 0 Å². The minimum Gasteiger partial charge on any atom is -0.376 e. The second-order valence-electron chi connectivity index (χ2n) is 3.49. The normalized spacial score (nSPS) is 11.7. The van der Waals surface area contributed by atoms with Crippen molar-refractivity contribution >= 4 is 15.9 Å². The molecule has 1 rings (SSSR count). The highest BCUT2D eigenvalue weighted by molar-refractivity contribution is 9.09. The van der Waals surface area contributed by atoms with Gasteiger partial charge in [-0.1, -0.05) is 57.9 Å². The van der Waals surface area contributed by atoms with Crippen LogP contribution in [0.4, 0.5) is 0 Å². The molecule has 1 aromatic rings. The van der Waals surface area contributed by atoms with Gasteiger partial charge >= 0.3 is 0 Å². The lowest BCUT2D eigenvalue weighted by molar-refractivity contribution is 0.124. The van der Waals surface area contributed by atoms with Gasteiger partial charge in [0.25, 0.3) is 0 Å². The Bertz CT molecular complexity index is 293. The maximum Gasteiger partial charge on any atom is 0.0717 e. The number of benzene rings is 1. The zero-order chi connectivity index (χ0) is 10.9. The largest absolute Gasteiger partial charge is 0.376 e. The lowest BCUT2D eigenvalue weighted by Crippen LogP contribution is -1.96. The van der Waals surface area contributed by atoms with E-state index in [1.54, 1.807) is 0 Å². The van der Waals surface area contributed by atoms with E-state index in [9.17, 15) is 0 Å². The third-order valence-corrected chi connectivity index (χ3v) is 2.50. The quantitative estimate of drug-likeness (QED) is 0.432. The molecule has 0 aliphatic carbocycles. The van der Waals surface area contributed by atoms with Crippen LogP contribution in [0.5, 0.6) is 0 Å². The minimum atomic E-state index is 0.711. The molecule has 0 amide bonds. The van der Waals surface area contributed by atoms with Crippen molar-refractivity contribution < 1.29 is 4.74 Å². The fraction of sp³-hybridized carbons (Fsp3) is 0.385.